The van der Waals surface area contributed by atoms with Crippen LogP contribution >= 0.6 is 0 Å². The molecule has 0 fully saturated rings. The Morgan fingerprint density at radius 1 is 0.972 bits per heavy atom. The zero-order chi connectivity index (χ0) is 24.9. The van der Waals surface area contributed by atoms with Crippen molar-refractivity contribution in [1.82, 2.24) is 15.5 Å². The van der Waals surface area contributed by atoms with E-state index in [4.69, 9.17) is 23.5 Å². The Balaban J connectivity index is 1.24. The van der Waals surface area contributed by atoms with Crippen molar-refractivity contribution >= 4 is 11.6 Å². The molecule has 0 saturated heterocycles. The minimum absolute atomic E-state index is 0.208. The first-order valence-corrected chi connectivity index (χ1v) is 11.2. The molecule has 5 rings (SSSR count). The Kier molecular flexibility index (Phi) is 6.57. The van der Waals surface area contributed by atoms with Crippen molar-refractivity contribution in [1.29, 1.82) is 0 Å². The van der Waals surface area contributed by atoms with Gasteiger partial charge in [-0.2, -0.15) is 4.98 Å². The number of rotatable bonds is 9. The summed E-state index contributed by atoms with van der Waals surface area (Å²) in [6, 6.07) is 18.2. The van der Waals surface area contributed by atoms with E-state index < -0.39 is 0 Å². The average molecular weight is 489 g/mol. The summed E-state index contributed by atoms with van der Waals surface area (Å²) >= 11 is 0. The van der Waals surface area contributed by atoms with Gasteiger partial charge in [0.15, 0.2) is 11.5 Å². The molecule has 1 aliphatic rings. The van der Waals surface area contributed by atoms with Gasteiger partial charge >= 0.3 is 0 Å². The van der Waals surface area contributed by atoms with Gasteiger partial charge in [0.1, 0.15) is 11.5 Å². The third-order valence-corrected chi connectivity index (χ3v) is 5.61. The van der Waals surface area contributed by atoms with Gasteiger partial charge in [-0.1, -0.05) is 23.4 Å². The van der Waals surface area contributed by atoms with E-state index in [1.165, 1.54) is 0 Å². The summed E-state index contributed by atoms with van der Waals surface area (Å²) < 4.78 is 26.8. The molecule has 0 saturated carbocycles. The number of aromatic nitrogens is 2. The van der Waals surface area contributed by atoms with Crippen molar-refractivity contribution in [3.8, 4) is 34.4 Å². The van der Waals surface area contributed by atoms with E-state index >= 15 is 0 Å². The van der Waals surface area contributed by atoms with Crippen LogP contribution in [0.3, 0.4) is 0 Å². The van der Waals surface area contributed by atoms with E-state index in [-0.39, 0.29) is 19.2 Å². The summed E-state index contributed by atoms with van der Waals surface area (Å²) in [4.78, 5) is 17.4. The predicted molar refractivity (Wildman–Crippen MR) is 130 cm³/mol. The third-order valence-electron chi connectivity index (χ3n) is 5.61. The fraction of sp³-hybridized carbons (Fsp3) is 0.192. The van der Waals surface area contributed by atoms with Gasteiger partial charge in [-0.3, -0.25) is 4.79 Å². The second kappa shape index (κ2) is 10.3. The van der Waals surface area contributed by atoms with Gasteiger partial charge in [0, 0.05) is 18.3 Å². The Morgan fingerprint density at radius 3 is 2.69 bits per heavy atom. The smallest absolute Gasteiger partial charge is 0.253 e. The lowest BCUT2D eigenvalue weighted by Crippen LogP contribution is -2.24. The SMILES string of the molecule is COc1ccc(-c2noc(CNc3ccccc3C(=O)NCc3ccc4c(c3)OCO4)n2)c(OC)c1. The summed E-state index contributed by atoms with van der Waals surface area (Å²) in [5.74, 6) is 3.14. The highest BCUT2D eigenvalue weighted by Crippen LogP contribution is 2.33. The maximum atomic E-state index is 12.9. The number of anilines is 1. The van der Waals surface area contributed by atoms with Crippen LogP contribution in [-0.2, 0) is 13.1 Å². The summed E-state index contributed by atoms with van der Waals surface area (Å²) in [7, 11) is 3.15. The fourth-order valence-electron chi connectivity index (χ4n) is 3.75. The normalized spacial score (nSPS) is 11.7. The number of hydrogen-bond acceptors (Lipinski definition) is 9. The molecular formula is C26H24N4O6. The van der Waals surface area contributed by atoms with Crippen LogP contribution in [0.15, 0.2) is 65.2 Å². The highest BCUT2D eigenvalue weighted by molar-refractivity contribution is 5.99. The molecule has 184 valence electrons. The molecule has 10 nitrogen and oxygen atoms in total. The van der Waals surface area contributed by atoms with E-state index in [0.717, 1.165) is 5.56 Å². The average Bonchev–Trinajstić information content (AvgIpc) is 3.59. The molecule has 36 heavy (non-hydrogen) atoms. The van der Waals surface area contributed by atoms with Crippen molar-refractivity contribution in [2.24, 2.45) is 0 Å². The molecule has 1 aromatic heterocycles. The summed E-state index contributed by atoms with van der Waals surface area (Å²) in [5.41, 5.74) is 2.72. The quantitative estimate of drug-likeness (QED) is 0.360. The van der Waals surface area contributed by atoms with Crippen molar-refractivity contribution in [3.63, 3.8) is 0 Å². The number of benzene rings is 3. The molecular weight excluding hydrogens is 464 g/mol. The molecule has 0 unspecified atom stereocenters. The molecule has 1 amide bonds. The molecule has 10 heteroatoms. The molecule has 0 spiro atoms. The van der Waals surface area contributed by atoms with Crippen molar-refractivity contribution < 1.29 is 28.3 Å². The van der Waals surface area contributed by atoms with Gasteiger partial charge < -0.3 is 34.1 Å². The van der Waals surface area contributed by atoms with Crippen LogP contribution in [0.5, 0.6) is 23.0 Å². The second-order valence-corrected chi connectivity index (χ2v) is 7.85. The number of carbonyl (C=O) groups excluding carboxylic acids is 1. The van der Waals surface area contributed by atoms with Crippen LogP contribution < -0.4 is 29.6 Å². The van der Waals surface area contributed by atoms with E-state index in [9.17, 15) is 4.79 Å². The highest BCUT2D eigenvalue weighted by Gasteiger charge is 2.17. The van der Waals surface area contributed by atoms with E-state index in [1.54, 1.807) is 44.6 Å². The summed E-state index contributed by atoms with van der Waals surface area (Å²) in [6.45, 7) is 0.790. The van der Waals surface area contributed by atoms with Crippen molar-refractivity contribution in [2.45, 2.75) is 13.1 Å². The number of methoxy groups -OCH3 is 2. The van der Waals surface area contributed by atoms with Crippen molar-refractivity contribution in [3.05, 3.63) is 77.7 Å². The first-order chi connectivity index (χ1) is 17.6. The number of amides is 1. The molecule has 3 aromatic carbocycles. The van der Waals surface area contributed by atoms with Crippen LogP contribution in [-0.4, -0.2) is 37.1 Å². The molecule has 0 atom stereocenters. The van der Waals surface area contributed by atoms with Crippen LogP contribution in [0.2, 0.25) is 0 Å². The zero-order valence-corrected chi connectivity index (χ0v) is 19.7. The van der Waals surface area contributed by atoms with Crippen LogP contribution in [0.4, 0.5) is 5.69 Å². The Morgan fingerprint density at radius 2 is 1.83 bits per heavy atom. The monoisotopic (exact) mass is 488 g/mol. The summed E-state index contributed by atoms with van der Waals surface area (Å²) in [6.07, 6.45) is 0. The molecule has 1 aliphatic heterocycles. The Labute approximate surface area is 207 Å². The second-order valence-electron chi connectivity index (χ2n) is 7.85. The molecule has 0 bridgehead atoms. The minimum Gasteiger partial charge on any atom is -0.497 e. The van der Waals surface area contributed by atoms with Gasteiger partial charge in [-0.25, -0.2) is 0 Å². The molecule has 2 N–H and O–H groups in total. The number of ether oxygens (including phenoxy) is 4. The summed E-state index contributed by atoms with van der Waals surface area (Å²) in [5, 5.41) is 10.2. The maximum absolute atomic E-state index is 12.9. The predicted octanol–water partition coefficient (Wildman–Crippen LogP) is 4.02. The molecule has 0 radical (unpaired) electrons. The number of carbonyl (C=O) groups is 1. The maximum Gasteiger partial charge on any atom is 0.253 e. The van der Waals surface area contributed by atoms with Crippen LogP contribution in [0.25, 0.3) is 11.4 Å². The molecule has 0 aliphatic carbocycles. The largest absolute Gasteiger partial charge is 0.497 e. The molecule has 4 aromatic rings. The number of nitrogens with one attached hydrogen (secondary N) is 2. The van der Waals surface area contributed by atoms with Gasteiger partial charge in [-0.05, 0) is 42.0 Å². The lowest BCUT2D eigenvalue weighted by atomic mass is 10.1. The number of para-hydroxylation sites is 1. The van der Waals surface area contributed by atoms with E-state index in [2.05, 4.69) is 20.8 Å². The standard InChI is InChI=1S/C26H24N4O6/c1-32-17-8-9-19(22(12-17)33-2)25-29-24(36-30-25)14-27-20-6-4-3-5-18(20)26(31)28-13-16-7-10-21-23(11-16)35-15-34-21/h3-12,27H,13-15H2,1-2H3,(H,28,31). The number of nitrogens with zero attached hydrogens (tertiary/aromatic N) is 2. The van der Waals surface area contributed by atoms with E-state index in [1.807, 2.05) is 30.3 Å². The fourth-order valence-corrected chi connectivity index (χ4v) is 3.75. The van der Waals surface area contributed by atoms with Gasteiger partial charge in [-0.15, -0.1) is 0 Å². The molecule has 2 heterocycles. The first-order valence-electron chi connectivity index (χ1n) is 11.2. The van der Waals surface area contributed by atoms with Gasteiger partial charge in [0.25, 0.3) is 5.91 Å². The zero-order valence-electron chi connectivity index (χ0n) is 19.7. The van der Waals surface area contributed by atoms with Crippen LogP contribution in [0.1, 0.15) is 21.8 Å². The highest BCUT2D eigenvalue weighted by atomic mass is 16.7. The van der Waals surface area contributed by atoms with Gasteiger partial charge in [0.05, 0.1) is 31.9 Å². The Hall–Kier alpha value is -4.73. The topological polar surface area (TPSA) is 117 Å². The van der Waals surface area contributed by atoms with Gasteiger partial charge in [0.2, 0.25) is 18.5 Å². The minimum atomic E-state index is -0.218. The van der Waals surface area contributed by atoms with E-state index in [0.29, 0.717) is 58.1 Å². The lowest BCUT2D eigenvalue weighted by molar-refractivity contribution is 0.0951. The third kappa shape index (κ3) is 4.88. The Bertz CT molecular complexity index is 1390. The lowest BCUT2D eigenvalue weighted by Gasteiger charge is -2.11. The first kappa shape index (κ1) is 23.0. The van der Waals surface area contributed by atoms with Crippen LogP contribution in [0, 0.1) is 0 Å². The number of fused-ring (bicyclic) bond motifs is 1. The number of hydrogen-bond donors (Lipinski definition) is 2. The van der Waals surface area contributed by atoms with Crippen molar-refractivity contribution in [2.75, 3.05) is 26.3 Å².